The third kappa shape index (κ3) is 3.61. The van der Waals surface area contributed by atoms with Crippen molar-refractivity contribution in [3.8, 4) is 11.3 Å². The normalized spacial score (nSPS) is 10.9. The Labute approximate surface area is 142 Å². The summed E-state index contributed by atoms with van der Waals surface area (Å²) in [6.07, 6.45) is 1.53. The first-order chi connectivity index (χ1) is 11.6. The number of nitro benzene ring substituents is 1. The van der Waals surface area contributed by atoms with Gasteiger partial charge in [0, 0.05) is 17.7 Å². The van der Waals surface area contributed by atoms with Gasteiger partial charge in [0.1, 0.15) is 11.5 Å². The molecular weight excluding hydrogens is 330 g/mol. The van der Waals surface area contributed by atoms with Gasteiger partial charge in [-0.1, -0.05) is 23.7 Å². The van der Waals surface area contributed by atoms with Crippen LogP contribution >= 0.6 is 11.6 Å². The van der Waals surface area contributed by atoms with Crippen molar-refractivity contribution in [1.29, 1.82) is 0 Å². The Morgan fingerprint density at radius 1 is 1.08 bits per heavy atom. The number of halogens is 1. The van der Waals surface area contributed by atoms with Crippen molar-refractivity contribution < 1.29 is 9.34 Å². The van der Waals surface area contributed by atoms with Gasteiger partial charge < -0.3 is 4.42 Å². The predicted octanol–water partition coefficient (Wildman–Crippen LogP) is 4.95. The van der Waals surface area contributed by atoms with Crippen LogP contribution in [0.4, 0.5) is 11.4 Å². The molecule has 0 saturated carbocycles. The van der Waals surface area contributed by atoms with Crippen LogP contribution in [0.2, 0.25) is 5.02 Å². The van der Waals surface area contributed by atoms with Gasteiger partial charge in [0.2, 0.25) is 0 Å². The fourth-order valence-electron chi connectivity index (χ4n) is 2.04. The molecule has 0 aliphatic rings. The van der Waals surface area contributed by atoms with Crippen LogP contribution in [0.5, 0.6) is 0 Å². The van der Waals surface area contributed by atoms with Crippen molar-refractivity contribution in [3.63, 3.8) is 0 Å². The molecule has 1 N–H and O–H groups in total. The monoisotopic (exact) mass is 341 g/mol. The molecule has 3 rings (SSSR count). The highest BCUT2D eigenvalue weighted by Crippen LogP contribution is 2.24. The lowest BCUT2D eigenvalue weighted by atomic mass is 10.1. The number of anilines is 1. The molecule has 0 atom stereocenters. The number of non-ortho nitro benzene ring substituents is 1. The van der Waals surface area contributed by atoms with Gasteiger partial charge in [-0.15, -0.1) is 0 Å². The van der Waals surface area contributed by atoms with E-state index < -0.39 is 4.92 Å². The molecule has 7 heteroatoms. The highest BCUT2D eigenvalue weighted by molar-refractivity contribution is 6.33. The largest absolute Gasteiger partial charge is 0.455 e. The van der Waals surface area contributed by atoms with Gasteiger partial charge in [-0.3, -0.25) is 15.5 Å². The number of nitro groups is 1. The summed E-state index contributed by atoms with van der Waals surface area (Å²) in [5, 5.41) is 15.3. The summed E-state index contributed by atoms with van der Waals surface area (Å²) < 4.78 is 5.65. The topological polar surface area (TPSA) is 80.7 Å². The predicted molar refractivity (Wildman–Crippen MR) is 93.5 cm³/mol. The Kier molecular flexibility index (Phi) is 4.58. The quantitative estimate of drug-likeness (QED) is 0.404. The maximum Gasteiger partial charge on any atom is 0.269 e. The Morgan fingerprint density at radius 2 is 1.83 bits per heavy atom. The Morgan fingerprint density at radius 3 is 2.54 bits per heavy atom. The maximum absolute atomic E-state index is 10.7. The van der Waals surface area contributed by atoms with Crippen LogP contribution in [0.15, 0.2) is 70.2 Å². The van der Waals surface area contributed by atoms with Crippen molar-refractivity contribution in [2.75, 3.05) is 5.43 Å². The van der Waals surface area contributed by atoms with Gasteiger partial charge in [-0.25, -0.2) is 0 Å². The summed E-state index contributed by atoms with van der Waals surface area (Å²) in [6, 6.07) is 16.9. The van der Waals surface area contributed by atoms with E-state index in [1.807, 2.05) is 18.2 Å². The number of hydrogen-bond acceptors (Lipinski definition) is 5. The highest BCUT2D eigenvalue weighted by Gasteiger charge is 2.07. The lowest BCUT2D eigenvalue weighted by molar-refractivity contribution is -0.384. The Bertz CT molecular complexity index is 888. The van der Waals surface area contributed by atoms with Gasteiger partial charge in [-0.05, 0) is 36.4 Å². The van der Waals surface area contributed by atoms with Crippen LogP contribution in [0.3, 0.4) is 0 Å². The molecule has 24 heavy (non-hydrogen) atoms. The second-order valence-corrected chi connectivity index (χ2v) is 5.26. The molecule has 1 aromatic heterocycles. The summed E-state index contributed by atoms with van der Waals surface area (Å²) in [5.74, 6) is 1.15. The molecular formula is C17H12ClN3O3. The number of nitrogens with one attached hydrogen (secondary N) is 1. The average Bonchev–Trinajstić information content (AvgIpc) is 3.05. The molecule has 0 saturated heterocycles. The van der Waals surface area contributed by atoms with Crippen molar-refractivity contribution in [3.05, 3.63) is 81.6 Å². The molecule has 0 unspecified atom stereocenters. The van der Waals surface area contributed by atoms with E-state index in [-0.39, 0.29) is 5.69 Å². The molecule has 0 bridgehead atoms. The van der Waals surface area contributed by atoms with E-state index in [1.165, 1.54) is 18.3 Å². The van der Waals surface area contributed by atoms with Crippen LogP contribution in [0.25, 0.3) is 11.3 Å². The molecule has 3 aromatic rings. The van der Waals surface area contributed by atoms with E-state index in [2.05, 4.69) is 10.5 Å². The third-order valence-electron chi connectivity index (χ3n) is 3.24. The van der Waals surface area contributed by atoms with Gasteiger partial charge >= 0.3 is 0 Å². The first-order valence-electron chi connectivity index (χ1n) is 7.02. The fraction of sp³-hybridized carbons (Fsp3) is 0. The lowest BCUT2D eigenvalue weighted by Gasteiger charge is -2.01. The molecule has 2 aromatic carbocycles. The van der Waals surface area contributed by atoms with Crippen LogP contribution in [-0.2, 0) is 0 Å². The smallest absolute Gasteiger partial charge is 0.269 e. The standard InChI is InChI=1S/C17H12ClN3O3/c18-15-3-1-2-4-16(15)20-19-11-14-9-10-17(24-14)12-5-7-13(8-6-12)21(22)23/h1-11,20H/b19-11-. The van der Waals surface area contributed by atoms with Crippen LogP contribution in [0.1, 0.15) is 5.76 Å². The molecule has 0 fully saturated rings. The summed E-state index contributed by atoms with van der Waals surface area (Å²) in [4.78, 5) is 10.2. The van der Waals surface area contributed by atoms with Gasteiger partial charge in [-0.2, -0.15) is 5.10 Å². The number of para-hydroxylation sites is 1. The third-order valence-corrected chi connectivity index (χ3v) is 3.57. The SMILES string of the molecule is O=[N+]([O-])c1ccc(-c2ccc(/C=N\Nc3ccccc3Cl)o2)cc1. The molecule has 120 valence electrons. The number of furan rings is 1. The molecule has 0 aliphatic heterocycles. The first kappa shape index (κ1) is 15.8. The number of hydrogen-bond donors (Lipinski definition) is 1. The second-order valence-electron chi connectivity index (χ2n) is 4.86. The number of benzene rings is 2. The van der Waals surface area contributed by atoms with E-state index in [0.717, 1.165) is 5.56 Å². The maximum atomic E-state index is 10.7. The van der Waals surface area contributed by atoms with Crippen LogP contribution < -0.4 is 5.43 Å². The van der Waals surface area contributed by atoms with Gasteiger partial charge in [0.05, 0.1) is 21.8 Å². The van der Waals surface area contributed by atoms with Gasteiger partial charge in [0.15, 0.2) is 0 Å². The minimum Gasteiger partial charge on any atom is -0.455 e. The van der Waals surface area contributed by atoms with E-state index in [9.17, 15) is 10.1 Å². The zero-order valence-corrected chi connectivity index (χ0v) is 13.1. The summed E-state index contributed by atoms with van der Waals surface area (Å²) >= 11 is 6.02. The average molecular weight is 342 g/mol. The molecule has 0 spiro atoms. The molecule has 0 aliphatic carbocycles. The summed E-state index contributed by atoms with van der Waals surface area (Å²) in [5.41, 5.74) is 4.31. The molecule has 1 heterocycles. The molecule has 6 nitrogen and oxygen atoms in total. The number of rotatable bonds is 5. The molecule has 0 amide bonds. The van der Waals surface area contributed by atoms with Crippen molar-refractivity contribution >= 4 is 29.2 Å². The zero-order valence-electron chi connectivity index (χ0n) is 12.3. The van der Waals surface area contributed by atoms with E-state index >= 15 is 0 Å². The first-order valence-corrected chi connectivity index (χ1v) is 7.39. The van der Waals surface area contributed by atoms with Crippen molar-refractivity contribution in [2.45, 2.75) is 0 Å². The van der Waals surface area contributed by atoms with Crippen LogP contribution in [-0.4, -0.2) is 11.1 Å². The number of hydrazone groups is 1. The minimum absolute atomic E-state index is 0.0380. The zero-order chi connectivity index (χ0) is 16.9. The Hall–Kier alpha value is -3.12. The van der Waals surface area contributed by atoms with Crippen LogP contribution in [0, 0.1) is 10.1 Å². The van der Waals surface area contributed by atoms with E-state index in [4.69, 9.17) is 16.0 Å². The minimum atomic E-state index is -0.440. The fourth-order valence-corrected chi connectivity index (χ4v) is 2.22. The Balaban J connectivity index is 1.70. The van der Waals surface area contributed by atoms with Crippen molar-refractivity contribution in [2.24, 2.45) is 5.10 Å². The van der Waals surface area contributed by atoms with E-state index in [0.29, 0.717) is 22.2 Å². The molecule has 0 radical (unpaired) electrons. The van der Waals surface area contributed by atoms with Gasteiger partial charge in [0.25, 0.3) is 5.69 Å². The summed E-state index contributed by atoms with van der Waals surface area (Å²) in [7, 11) is 0. The second kappa shape index (κ2) is 6.97. The highest BCUT2D eigenvalue weighted by atomic mass is 35.5. The number of nitrogens with zero attached hydrogens (tertiary/aromatic N) is 2. The lowest BCUT2D eigenvalue weighted by Crippen LogP contribution is -1.90. The summed E-state index contributed by atoms with van der Waals surface area (Å²) in [6.45, 7) is 0. The van der Waals surface area contributed by atoms with Crippen molar-refractivity contribution in [1.82, 2.24) is 0 Å². The van der Waals surface area contributed by atoms with E-state index in [1.54, 1.807) is 30.3 Å².